The maximum atomic E-state index is 11.4. The molecule has 1 heterocycles. The highest BCUT2D eigenvalue weighted by Gasteiger charge is 2.28. The molecule has 1 aromatic carbocycles. The molecule has 28 heavy (non-hydrogen) atoms. The van der Waals surface area contributed by atoms with Gasteiger partial charge >= 0.3 is 0 Å². The molecular formula is C20H26N2O6. The number of pyridine rings is 1. The molecule has 0 saturated carbocycles. The van der Waals surface area contributed by atoms with E-state index in [9.17, 15) is 10.1 Å². The van der Waals surface area contributed by atoms with Crippen molar-refractivity contribution in [1.82, 2.24) is 4.98 Å². The Balaban J connectivity index is 2.57. The second kappa shape index (κ2) is 10.6. The average Bonchev–Trinajstić information content (AvgIpc) is 2.71. The van der Waals surface area contributed by atoms with Crippen molar-refractivity contribution in [2.24, 2.45) is 0 Å². The molecule has 2 aromatic rings. The standard InChI is InChI=1S/C20H26N2O6/c1-5-27-20(28-6-2)19-15(8-7-11-21-19)16(13-22(23)24)14-9-10-17(25-3)18(12-14)26-4/h7-12,16,20H,5-6,13H2,1-4H3. The zero-order valence-corrected chi connectivity index (χ0v) is 16.6. The van der Waals surface area contributed by atoms with Crippen molar-refractivity contribution in [1.29, 1.82) is 0 Å². The van der Waals surface area contributed by atoms with Crippen LogP contribution in [0.3, 0.4) is 0 Å². The molecule has 0 spiro atoms. The minimum absolute atomic E-state index is 0.306. The summed E-state index contributed by atoms with van der Waals surface area (Å²) in [4.78, 5) is 15.5. The molecule has 1 atom stereocenters. The van der Waals surface area contributed by atoms with Gasteiger partial charge in [0.2, 0.25) is 12.8 Å². The van der Waals surface area contributed by atoms with Crippen molar-refractivity contribution >= 4 is 0 Å². The van der Waals surface area contributed by atoms with Gasteiger partial charge in [-0.05, 0) is 43.2 Å². The molecule has 0 bridgehead atoms. The van der Waals surface area contributed by atoms with E-state index >= 15 is 0 Å². The molecule has 0 saturated heterocycles. The van der Waals surface area contributed by atoms with Crippen LogP contribution in [0.5, 0.6) is 11.5 Å². The third-order valence-corrected chi connectivity index (χ3v) is 4.25. The third kappa shape index (κ3) is 5.17. The van der Waals surface area contributed by atoms with Gasteiger partial charge in [-0.3, -0.25) is 15.1 Å². The number of nitrogens with zero attached hydrogens (tertiary/aromatic N) is 2. The van der Waals surface area contributed by atoms with Crippen molar-refractivity contribution in [3.05, 3.63) is 63.5 Å². The van der Waals surface area contributed by atoms with Crippen LogP contribution in [0.4, 0.5) is 0 Å². The number of methoxy groups -OCH3 is 2. The van der Waals surface area contributed by atoms with E-state index < -0.39 is 12.2 Å². The van der Waals surface area contributed by atoms with Crippen molar-refractivity contribution in [2.45, 2.75) is 26.1 Å². The second-order valence-corrected chi connectivity index (χ2v) is 5.90. The van der Waals surface area contributed by atoms with Gasteiger partial charge in [-0.2, -0.15) is 0 Å². The highest BCUT2D eigenvalue weighted by Crippen LogP contribution is 2.36. The van der Waals surface area contributed by atoms with Crippen LogP contribution in [0.25, 0.3) is 0 Å². The summed E-state index contributed by atoms with van der Waals surface area (Å²) in [5.41, 5.74) is 1.93. The lowest BCUT2D eigenvalue weighted by atomic mass is 9.89. The Morgan fingerprint density at radius 3 is 2.32 bits per heavy atom. The maximum absolute atomic E-state index is 11.4. The normalized spacial score (nSPS) is 12.0. The quantitative estimate of drug-likeness (QED) is 0.329. The van der Waals surface area contributed by atoms with E-state index in [0.717, 1.165) is 5.56 Å². The molecule has 0 fully saturated rings. The Morgan fingerprint density at radius 2 is 1.75 bits per heavy atom. The van der Waals surface area contributed by atoms with E-state index in [0.29, 0.717) is 36.0 Å². The van der Waals surface area contributed by atoms with Crippen LogP contribution in [0.15, 0.2) is 36.5 Å². The predicted molar refractivity (Wildman–Crippen MR) is 103 cm³/mol. The molecule has 0 radical (unpaired) electrons. The van der Waals surface area contributed by atoms with E-state index in [1.165, 1.54) is 7.11 Å². The number of benzene rings is 1. The summed E-state index contributed by atoms with van der Waals surface area (Å²) in [6.45, 7) is 4.27. The minimum Gasteiger partial charge on any atom is -0.493 e. The molecule has 152 valence electrons. The Kier molecular flexibility index (Phi) is 8.16. The summed E-state index contributed by atoms with van der Waals surface area (Å²) in [5, 5.41) is 11.4. The molecule has 1 aromatic heterocycles. The van der Waals surface area contributed by atoms with Gasteiger partial charge in [0.15, 0.2) is 11.5 Å². The molecule has 1 unspecified atom stereocenters. The van der Waals surface area contributed by atoms with Crippen LogP contribution in [0.2, 0.25) is 0 Å². The number of hydrogen-bond donors (Lipinski definition) is 0. The van der Waals surface area contributed by atoms with Gasteiger partial charge in [0.05, 0.1) is 20.1 Å². The van der Waals surface area contributed by atoms with Gasteiger partial charge in [0, 0.05) is 24.3 Å². The first-order valence-electron chi connectivity index (χ1n) is 9.07. The van der Waals surface area contributed by atoms with Crippen LogP contribution in [0.1, 0.15) is 42.9 Å². The predicted octanol–water partition coefficient (Wildman–Crippen LogP) is 3.58. The molecule has 8 nitrogen and oxygen atoms in total. The van der Waals surface area contributed by atoms with E-state index in [-0.39, 0.29) is 11.5 Å². The lowest BCUT2D eigenvalue weighted by Gasteiger charge is -2.23. The maximum Gasteiger partial charge on any atom is 0.214 e. The van der Waals surface area contributed by atoms with Crippen molar-refractivity contribution < 1.29 is 23.9 Å². The van der Waals surface area contributed by atoms with Crippen LogP contribution >= 0.6 is 0 Å². The minimum atomic E-state index is -0.694. The van der Waals surface area contributed by atoms with Crippen LogP contribution in [-0.4, -0.2) is 43.9 Å². The average molecular weight is 390 g/mol. The smallest absolute Gasteiger partial charge is 0.214 e. The van der Waals surface area contributed by atoms with Crippen LogP contribution in [-0.2, 0) is 9.47 Å². The largest absolute Gasteiger partial charge is 0.493 e. The molecular weight excluding hydrogens is 364 g/mol. The lowest BCUT2D eigenvalue weighted by molar-refractivity contribution is -0.481. The van der Waals surface area contributed by atoms with Gasteiger partial charge in [0.1, 0.15) is 5.69 Å². The third-order valence-electron chi connectivity index (χ3n) is 4.25. The summed E-state index contributed by atoms with van der Waals surface area (Å²) >= 11 is 0. The van der Waals surface area contributed by atoms with Gasteiger partial charge < -0.3 is 18.9 Å². The van der Waals surface area contributed by atoms with Gasteiger partial charge in [-0.15, -0.1) is 0 Å². The topological polar surface area (TPSA) is 93.0 Å². The van der Waals surface area contributed by atoms with Gasteiger partial charge in [-0.25, -0.2) is 0 Å². The summed E-state index contributed by atoms with van der Waals surface area (Å²) in [6.07, 6.45) is 0.933. The highest BCUT2D eigenvalue weighted by molar-refractivity contribution is 5.46. The Hall–Kier alpha value is -2.71. The second-order valence-electron chi connectivity index (χ2n) is 5.90. The Bertz CT molecular complexity index is 777. The molecule has 0 amide bonds. The Morgan fingerprint density at radius 1 is 1.07 bits per heavy atom. The summed E-state index contributed by atoms with van der Waals surface area (Å²) in [5.74, 6) is 0.505. The van der Waals surface area contributed by atoms with Gasteiger partial charge in [0.25, 0.3) is 0 Å². The number of ether oxygens (including phenoxy) is 4. The SMILES string of the molecule is CCOC(OCC)c1ncccc1C(C[N+](=O)[O-])c1ccc(OC)c(OC)c1. The fourth-order valence-corrected chi connectivity index (χ4v) is 3.03. The van der Waals surface area contributed by atoms with E-state index in [1.807, 2.05) is 19.9 Å². The number of rotatable bonds is 11. The van der Waals surface area contributed by atoms with Crippen LogP contribution in [0, 0.1) is 10.1 Å². The number of hydrogen-bond acceptors (Lipinski definition) is 7. The fourth-order valence-electron chi connectivity index (χ4n) is 3.03. The van der Waals surface area contributed by atoms with E-state index in [4.69, 9.17) is 18.9 Å². The molecule has 0 aliphatic heterocycles. The zero-order valence-electron chi connectivity index (χ0n) is 16.6. The van der Waals surface area contributed by atoms with E-state index in [2.05, 4.69) is 4.98 Å². The zero-order chi connectivity index (χ0) is 20.5. The Labute approximate surface area is 164 Å². The summed E-state index contributed by atoms with van der Waals surface area (Å²) < 4.78 is 22.0. The van der Waals surface area contributed by atoms with E-state index in [1.54, 1.807) is 37.6 Å². The first-order chi connectivity index (χ1) is 13.5. The first kappa shape index (κ1) is 21.6. The molecule has 0 aliphatic rings. The highest BCUT2D eigenvalue weighted by atomic mass is 16.7. The number of aromatic nitrogens is 1. The summed E-state index contributed by atoms with van der Waals surface area (Å²) in [6, 6.07) is 8.85. The fraction of sp³-hybridized carbons (Fsp3) is 0.450. The monoisotopic (exact) mass is 390 g/mol. The molecule has 0 aliphatic carbocycles. The van der Waals surface area contributed by atoms with Crippen molar-refractivity contribution in [3.63, 3.8) is 0 Å². The molecule has 0 N–H and O–H groups in total. The number of nitro groups is 1. The van der Waals surface area contributed by atoms with Crippen molar-refractivity contribution in [3.8, 4) is 11.5 Å². The summed E-state index contributed by atoms with van der Waals surface area (Å²) in [7, 11) is 3.07. The lowest BCUT2D eigenvalue weighted by Crippen LogP contribution is -2.20. The first-order valence-corrected chi connectivity index (χ1v) is 9.07. The van der Waals surface area contributed by atoms with Crippen LogP contribution < -0.4 is 9.47 Å². The van der Waals surface area contributed by atoms with Crippen molar-refractivity contribution in [2.75, 3.05) is 34.0 Å². The molecule has 8 heteroatoms. The molecule has 2 rings (SSSR count). The van der Waals surface area contributed by atoms with Gasteiger partial charge in [-0.1, -0.05) is 12.1 Å².